The van der Waals surface area contributed by atoms with Gasteiger partial charge >= 0.3 is 11.7 Å². The Kier molecular flexibility index (Phi) is 3.76. The Morgan fingerprint density at radius 1 is 1.35 bits per heavy atom. The number of hydrogen-bond donors (Lipinski definition) is 1. The van der Waals surface area contributed by atoms with Crippen LogP contribution in [-0.2, 0) is 9.59 Å². The van der Waals surface area contributed by atoms with Crippen molar-refractivity contribution in [2.24, 2.45) is 0 Å². The van der Waals surface area contributed by atoms with E-state index in [-0.39, 0.29) is 23.0 Å². The van der Waals surface area contributed by atoms with Gasteiger partial charge < -0.3 is 10.1 Å². The maximum atomic E-state index is 10.8. The van der Waals surface area contributed by atoms with Gasteiger partial charge in [-0.05, 0) is 12.1 Å². The van der Waals surface area contributed by atoms with Crippen molar-refractivity contribution in [2.75, 3.05) is 5.32 Å². The highest BCUT2D eigenvalue weighted by atomic mass is 16.6. The van der Waals surface area contributed by atoms with Crippen molar-refractivity contribution in [3.8, 4) is 5.75 Å². The smallest absolute Gasteiger partial charge is 0.313 e. The van der Waals surface area contributed by atoms with Gasteiger partial charge in [0.05, 0.1) is 4.92 Å². The molecule has 0 atom stereocenters. The fraction of sp³-hybridized carbons (Fsp3) is 0.200. The second-order valence-corrected chi connectivity index (χ2v) is 3.21. The molecule has 0 aliphatic rings. The second-order valence-electron chi connectivity index (χ2n) is 3.21. The maximum absolute atomic E-state index is 10.8. The van der Waals surface area contributed by atoms with E-state index in [1.54, 1.807) is 0 Å². The Morgan fingerprint density at radius 3 is 2.47 bits per heavy atom. The second kappa shape index (κ2) is 5.06. The topological polar surface area (TPSA) is 98.5 Å². The van der Waals surface area contributed by atoms with Gasteiger partial charge in [0.25, 0.3) is 0 Å². The Bertz CT molecular complexity index is 484. The van der Waals surface area contributed by atoms with E-state index in [2.05, 4.69) is 10.1 Å². The Balaban J connectivity index is 3.12. The summed E-state index contributed by atoms with van der Waals surface area (Å²) < 4.78 is 4.67. The molecule has 0 saturated carbocycles. The molecule has 1 amide bonds. The van der Waals surface area contributed by atoms with Crippen molar-refractivity contribution >= 4 is 23.3 Å². The van der Waals surface area contributed by atoms with Crippen LogP contribution in [0.2, 0.25) is 0 Å². The molecular formula is C10H10N2O5. The lowest BCUT2D eigenvalue weighted by molar-refractivity contribution is -0.385. The number of esters is 1. The van der Waals surface area contributed by atoms with Crippen LogP contribution in [0, 0.1) is 10.1 Å². The van der Waals surface area contributed by atoms with Gasteiger partial charge in [0.1, 0.15) is 0 Å². The third kappa shape index (κ3) is 3.56. The molecule has 0 unspecified atom stereocenters. The zero-order chi connectivity index (χ0) is 13.0. The van der Waals surface area contributed by atoms with Gasteiger partial charge in [-0.3, -0.25) is 19.7 Å². The molecule has 7 nitrogen and oxygen atoms in total. The Labute approximate surface area is 96.5 Å². The van der Waals surface area contributed by atoms with Crippen molar-refractivity contribution in [3.63, 3.8) is 0 Å². The summed E-state index contributed by atoms with van der Waals surface area (Å²) in [6, 6.07) is 3.79. The number of nitrogens with one attached hydrogen (secondary N) is 1. The van der Waals surface area contributed by atoms with Crippen LogP contribution in [0.4, 0.5) is 11.4 Å². The quantitative estimate of drug-likeness (QED) is 0.372. The van der Waals surface area contributed by atoms with E-state index in [0.29, 0.717) is 0 Å². The molecule has 0 aliphatic carbocycles. The van der Waals surface area contributed by atoms with Gasteiger partial charge in [-0.15, -0.1) is 0 Å². The van der Waals surface area contributed by atoms with Crippen LogP contribution in [0.3, 0.4) is 0 Å². The van der Waals surface area contributed by atoms with Crippen LogP contribution in [0.25, 0.3) is 0 Å². The van der Waals surface area contributed by atoms with E-state index in [4.69, 9.17) is 0 Å². The van der Waals surface area contributed by atoms with Gasteiger partial charge in [-0.1, -0.05) is 0 Å². The predicted octanol–water partition coefficient (Wildman–Crippen LogP) is 1.48. The first-order valence-corrected chi connectivity index (χ1v) is 4.64. The maximum Gasteiger partial charge on any atom is 0.313 e. The average Bonchev–Trinajstić information content (AvgIpc) is 2.18. The lowest BCUT2D eigenvalue weighted by atomic mass is 10.2. The molecule has 17 heavy (non-hydrogen) atoms. The summed E-state index contributed by atoms with van der Waals surface area (Å²) in [6.07, 6.45) is 0. The van der Waals surface area contributed by atoms with Crippen molar-refractivity contribution < 1.29 is 19.2 Å². The molecule has 0 radical (unpaired) electrons. The zero-order valence-electron chi connectivity index (χ0n) is 9.22. The first-order valence-electron chi connectivity index (χ1n) is 4.64. The average molecular weight is 238 g/mol. The lowest BCUT2D eigenvalue weighted by Gasteiger charge is -2.05. The summed E-state index contributed by atoms with van der Waals surface area (Å²) in [5.74, 6) is -1.16. The van der Waals surface area contributed by atoms with Crippen LogP contribution in [0.15, 0.2) is 18.2 Å². The molecule has 1 aromatic carbocycles. The number of nitro groups is 1. The summed E-state index contributed by atoms with van der Waals surface area (Å²) in [5, 5.41) is 13.1. The number of ether oxygens (including phenoxy) is 1. The number of benzene rings is 1. The molecule has 0 bridgehead atoms. The van der Waals surface area contributed by atoms with Crippen molar-refractivity contribution in [3.05, 3.63) is 28.3 Å². The van der Waals surface area contributed by atoms with Crippen LogP contribution in [0.5, 0.6) is 5.75 Å². The van der Waals surface area contributed by atoms with Crippen LogP contribution >= 0.6 is 0 Å². The highest BCUT2D eigenvalue weighted by Crippen LogP contribution is 2.30. The van der Waals surface area contributed by atoms with Crippen LogP contribution in [-0.4, -0.2) is 16.8 Å². The van der Waals surface area contributed by atoms with Crippen LogP contribution < -0.4 is 10.1 Å². The monoisotopic (exact) mass is 238 g/mol. The number of anilines is 1. The largest absolute Gasteiger partial charge is 0.419 e. The summed E-state index contributed by atoms with van der Waals surface area (Å²) in [4.78, 5) is 31.6. The molecule has 0 spiro atoms. The third-order valence-corrected chi connectivity index (χ3v) is 1.73. The third-order valence-electron chi connectivity index (χ3n) is 1.73. The van der Waals surface area contributed by atoms with Gasteiger partial charge in [0.2, 0.25) is 11.7 Å². The molecular weight excluding hydrogens is 228 g/mol. The van der Waals surface area contributed by atoms with E-state index in [1.165, 1.54) is 19.1 Å². The summed E-state index contributed by atoms with van der Waals surface area (Å²) in [7, 11) is 0. The Hall–Kier alpha value is -2.44. The highest BCUT2D eigenvalue weighted by Gasteiger charge is 2.17. The molecule has 90 valence electrons. The van der Waals surface area contributed by atoms with E-state index in [0.717, 1.165) is 13.0 Å². The standard InChI is InChI=1S/C10H10N2O5/c1-6(13)11-8-3-4-10(17-7(2)14)9(5-8)12(15)16/h3-5H,1-2H3,(H,11,13). The first kappa shape index (κ1) is 12.6. The molecule has 0 fully saturated rings. The number of hydrogen-bond acceptors (Lipinski definition) is 5. The van der Waals surface area contributed by atoms with Crippen molar-refractivity contribution in [2.45, 2.75) is 13.8 Å². The SMILES string of the molecule is CC(=O)Nc1ccc(OC(C)=O)c([N+](=O)[O-])c1. The van der Waals surface area contributed by atoms with E-state index < -0.39 is 10.9 Å². The summed E-state index contributed by atoms with van der Waals surface area (Å²) in [5.41, 5.74) is -0.119. The van der Waals surface area contributed by atoms with Crippen LogP contribution in [0.1, 0.15) is 13.8 Å². The Morgan fingerprint density at radius 2 is 2.00 bits per heavy atom. The molecule has 7 heteroatoms. The first-order chi connectivity index (χ1) is 7.90. The molecule has 0 saturated heterocycles. The number of amides is 1. The number of carbonyl (C=O) groups is 2. The lowest BCUT2D eigenvalue weighted by Crippen LogP contribution is -2.08. The fourth-order valence-corrected chi connectivity index (χ4v) is 1.18. The summed E-state index contributed by atoms with van der Waals surface area (Å²) >= 11 is 0. The molecule has 1 N–H and O–H groups in total. The summed E-state index contributed by atoms with van der Waals surface area (Å²) in [6.45, 7) is 2.43. The normalized spacial score (nSPS) is 9.53. The van der Waals surface area contributed by atoms with Gasteiger partial charge in [-0.2, -0.15) is 0 Å². The van der Waals surface area contributed by atoms with Gasteiger partial charge in [0.15, 0.2) is 0 Å². The molecule has 1 aromatic rings. The minimum Gasteiger partial charge on any atom is -0.419 e. The molecule has 0 heterocycles. The highest BCUT2D eigenvalue weighted by molar-refractivity contribution is 5.89. The van der Waals surface area contributed by atoms with E-state index in [9.17, 15) is 19.7 Å². The van der Waals surface area contributed by atoms with E-state index in [1.807, 2.05) is 0 Å². The van der Waals surface area contributed by atoms with Gasteiger partial charge in [0, 0.05) is 25.6 Å². The predicted molar refractivity (Wildman–Crippen MR) is 58.7 cm³/mol. The minimum absolute atomic E-state index is 0.156. The van der Waals surface area contributed by atoms with Crippen molar-refractivity contribution in [1.29, 1.82) is 0 Å². The van der Waals surface area contributed by atoms with Gasteiger partial charge in [-0.25, -0.2) is 0 Å². The molecule has 0 aromatic heterocycles. The minimum atomic E-state index is -0.691. The molecule has 0 aliphatic heterocycles. The number of rotatable bonds is 3. The number of nitro benzene ring substituents is 1. The van der Waals surface area contributed by atoms with Crippen molar-refractivity contribution in [1.82, 2.24) is 0 Å². The zero-order valence-corrected chi connectivity index (χ0v) is 9.22. The number of nitrogens with zero attached hydrogens (tertiary/aromatic N) is 1. The fourth-order valence-electron chi connectivity index (χ4n) is 1.18. The van der Waals surface area contributed by atoms with E-state index >= 15 is 0 Å². The number of carbonyl (C=O) groups excluding carboxylic acids is 2. The molecule has 1 rings (SSSR count).